The van der Waals surface area contributed by atoms with E-state index in [-0.39, 0.29) is 30.2 Å². The molecule has 2 aromatic rings. The molecule has 164 valence electrons. The zero-order valence-corrected chi connectivity index (χ0v) is 17.8. The van der Waals surface area contributed by atoms with Gasteiger partial charge in [-0.1, -0.05) is 12.1 Å². The van der Waals surface area contributed by atoms with E-state index in [1.54, 1.807) is 30.3 Å². The maximum atomic E-state index is 12.9. The molecular weight excluding hydrogens is 396 g/mol. The molecule has 2 heterocycles. The molecule has 2 N–H and O–H groups in total. The van der Waals surface area contributed by atoms with Gasteiger partial charge < -0.3 is 20.3 Å². The van der Waals surface area contributed by atoms with E-state index < -0.39 is 6.04 Å². The van der Waals surface area contributed by atoms with E-state index in [2.05, 4.69) is 15.6 Å². The summed E-state index contributed by atoms with van der Waals surface area (Å²) in [5, 5.41) is 5.88. The number of carbonyl (C=O) groups excluding carboxylic acids is 3. The summed E-state index contributed by atoms with van der Waals surface area (Å²) in [7, 11) is 1.59. The molecule has 1 aliphatic rings. The standard InChI is InChI=1S/C23H28N4O4/c1-16(28)25-21(17-5-7-20(31-2)8-6-17)14-22(29)27-12-9-19(10-13-27)26-23(30)18-4-3-11-24-15-18/h3-8,11,15,19,21H,9-10,12-14H2,1-2H3,(H,25,28)(H,26,30). The molecule has 0 radical (unpaired) electrons. The number of methoxy groups -OCH3 is 1. The molecule has 0 bridgehead atoms. The number of aromatic nitrogens is 1. The second-order valence-corrected chi connectivity index (χ2v) is 7.60. The van der Waals surface area contributed by atoms with E-state index in [1.807, 2.05) is 24.3 Å². The molecule has 1 aromatic heterocycles. The maximum Gasteiger partial charge on any atom is 0.253 e. The van der Waals surface area contributed by atoms with Crippen molar-refractivity contribution in [1.82, 2.24) is 20.5 Å². The van der Waals surface area contributed by atoms with Gasteiger partial charge in [0.15, 0.2) is 0 Å². The third-order valence-electron chi connectivity index (χ3n) is 5.38. The molecule has 1 saturated heterocycles. The first-order valence-electron chi connectivity index (χ1n) is 10.4. The van der Waals surface area contributed by atoms with Crippen LogP contribution in [-0.4, -0.2) is 53.8 Å². The van der Waals surface area contributed by atoms with Gasteiger partial charge in [0.2, 0.25) is 11.8 Å². The van der Waals surface area contributed by atoms with E-state index in [1.165, 1.54) is 13.1 Å². The molecule has 0 aliphatic carbocycles. The summed E-state index contributed by atoms with van der Waals surface area (Å²) in [6.07, 6.45) is 4.71. The number of ether oxygens (including phenoxy) is 1. The lowest BCUT2D eigenvalue weighted by molar-refractivity contribution is -0.133. The lowest BCUT2D eigenvalue weighted by Crippen LogP contribution is -2.47. The Labute approximate surface area is 182 Å². The molecule has 8 nitrogen and oxygen atoms in total. The van der Waals surface area contributed by atoms with E-state index in [0.29, 0.717) is 37.2 Å². The monoisotopic (exact) mass is 424 g/mol. The number of hydrogen-bond acceptors (Lipinski definition) is 5. The van der Waals surface area contributed by atoms with Crippen molar-refractivity contribution in [1.29, 1.82) is 0 Å². The number of nitrogens with zero attached hydrogens (tertiary/aromatic N) is 2. The molecule has 0 saturated carbocycles. The molecule has 1 aromatic carbocycles. The Hall–Kier alpha value is -3.42. The Morgan fingerprint density at radius 2 is 1.87 bits per heavy atom. The predicted octanol–water partition coefficient (Wildman–Crippen LogP) is 2.08. The number of likely N-dealkylation sites (tertiary alicyclic amines) is 1. The molecular formula is C23H28N4O4. The van der Waals surface area contributed by atoms with Crippen LogP contribution in [0, 0.1) is 0 Å². The molecule has 1 atom stereocenters. The predicted molar refractivity (Wildman–Crippen MR) is 115 cm³/mol. The first-order chi connectivity index (χ1) is 15.0. The van der Waals surface area contributed by atoms with Crippen LogP contribution < -0.4 is 15.4 Å². The van der Waals surface area contributed by atoms with Crippen molar-refractivity contribution in [2.75, 3.05) is 20.2 Å². The Kier molecular flexibility index (Phi) is 7.59. The van der Waals surface area contributed by atoms with Gasteiger partial charge in [0.1, 0.15) is 5.75 Å². The maximum absolute atomic E-state index is 12.9. The van der Waals surface area contributed by atoms with Crippen LogP contribution >= 0.6 is 0 Å². The Morgan fingerprint density at radius 3 is 2.45 bits per heavy atom. The van der Waals surface area contributed by atoms with E-state index in [0.717, 1.165) is 5.56 Å². The Morgan fingerprint density at radius 1 is 1.16 bits per heavy atom. The highest BCUT2D eigenvalue weighted by molar-refractivity contribution is 5.94. The molecule has 1 aliphatic heterocycles. The molecule has 1 unspecified atom stereocenters. The number of rotatable bonds is 7. The minimum atomic E-state index is -0.404. The fourth-order valence-electron chi connectivity index (χ4n) is 3.68. The fraction of sp³-hybridized carbons (Fsp3) is 0.391. The first-order valence-corrected chi connectivity index (χ1v) is 10.4. The molecule has 3 amide bonds. The van der Waals surface area contributed by atoms with Crippen molar-refractivity contribution >= 4 is 17.7 Å². The van der Waals surface area contributed by atoms with Crippen LogP contribution in [0.15, 0.2) is 48.8 Å². The highest BCUT2D eigenvalue weighted by Crippen LogP contribution is 2.22. The van der Waals surface area contributed by atoms with Gasteiger partial charge in [-0.15, -0.1) is 0 Å². The second-order valence-electron chi connectivity index (χ2n) is 7.60. The van der Waals surface area contributed by atoms with Gasteiger partial charge in [-0.3, -0.25) is 19.4 Å². The van der Waals surface area contributed by atoms with Crippen LogP contribution in [0.3, 0.4) is 0 Å². The first kappa shape index (κ1) is 22.3. The zero-order chi connectivity index (χ0) is 22.2. The molecule has 1 fully saturated rings. The minimum Gasteiger partial charge on any atom is -0.497 e. The summed E-state index contributed by atoms with van der Waals surface area (Å²) >= 11 is 0. The number of nitrogens with one attached hydrogen (secondary N) is 2. The third-order valence-corrected chi connectivity index (χ3v) is 5.38. The number of pyridine rings is 1. The summed E-state index contributed by atoms with van der Waals surface area (Å²) in [5.74, 6) is 0.354. The number of hydrogen-bond donors (Lipinski definition) is 2. The zero-order valence-electron chi connectivity index (χ0n) is 17.8. The summed E-state index contributed by atoms with van der Waals surface area (Å²) in [6, 6.07) is 10.4. The average molecular weight is 425 g/mol. The third kappa shape index (κ3) is 6.28. The molecule has 0 spiro atoms. The fourth-order valence-corrected chi connectivity index (χ4v) is 3.68. The Balaban J connectivity index is 1.54. The molecule has 3 rings (SSSR count). The highest BCUT2D eigenvalue weighted by atomic mass is 16.5. The lowest BCUT2D eigenvalue weighted by Gasteiger charge is -2.33. The smallest absolute Gasteiger partial charge is 0.253 e. The van der Waals surface area contributed by atoms with Crippen molar-refractivity contribution in [3.8, 4) is 5.75 Å². The van der Waals surface area contributed by atoms with Gasteiger partial charge in [-0.2, -0.15) is 0 Å². The van der Waals surface area contributed by atoms with Crippen molar-refractivity contribution in [2.45, 2.75) is 38.3 Å². The van der Waals surface area contributed by atoms with E-state index >= 15 is 0 Å². The van der Waals surface area contributed by atoms with Crippen molar-refractivity contribution in [2.24, 2.45) is 0 Å². The summed E-state index contributed by atoms with van der Waals surface area (Å²) < 4.78 is 5.18. The minimum absolute atomic E-state index is 0.0180. The van der Waals surface area contributed by atoms with Crippen molar-refractivity contribution < 1.29 is 19.1 Å². The second kappa shape index (κ2) is 10.6. The van der Waals surface area contributed by atoms with Crippen LogP contribution in [-0.2, 0) is 9.59 Å². The topological polar surface area (TPSA) is 101 Å². The van der Waals surface area contributed by atoms with Gasteiger partial charge in [-0.05, 0) is 42.7 Å². The van der Waals surface area contributed by atoms with Gasteiger partial charge in [0.25, 0.3) is 5.91 Å². The molecule has 31 heavy (non-hydrogen) atoms. The number of amides is 3. The van der Waals surface area contributed by atoms with Crippen LogP contribution in [0.5, 0.6) is 5.75 Å². The largest absolute Gasteiger partial charge is 0.497 e. The van der Waals surface area contributed by atoms with Gasteiger partial charge in [0, 0.05) is 38.4 Å². The lowest BCUT2D eigenvalue weighted by atomic mass is 10.0. The molecule has 8 heteroatoms. The van der Waals surface area contributed by atoms with Crippen LogP contribution in [0.1, 0.15) is 48.1 Å². The van der Waals surface area contributed by atoms with Crippen molar-refractivity contribution in [3.05, 3.63) is 59.9 Å². The van der Waals surface area contributed by atoms with Crippen LogP contribution in [0.25, 0.3) is 0 Å². The quantitative estimate of drug-likeness (QED) is 0.709. The normalized spacial score (nSPS) is 15.1. The highest BCUT2D eigenvalue weighted by Gasteiger charge is 2.26. The summed E-state index contributed by atoms with van der Waals surface area (Å²) in [6.45, 7) is 2.57. The number of piperidine rings is 1. The number of carbonyl (C=O) groups is 3. The SMILES string of the molecule is COc1ccc(C(CC(=O)N2CCC(NC(=O)c3cccnc3)CC2)NC(C)=O)cc1. The summed E-state index contributed by atoms with van der Waals surface area (Å²) in [5.41, 5.74) is 1.38. The Bertz CT molecular complexity index is 894. The summed E-state index contributed by atoms with van der Waals surface area (Å²) in [4.78, 5) is 42.6. The number of benzene rings is 1. The average Bonchev–Trinajstić information content (AvgIpc) is 2.79. The van der Waals surface area contributed by atoms with E-state index in [4.69, 9.17) is 4.74 Å². The van der Waals surface area contributed by atoms with E-state index in [9.17, 15) is 14.4 Å². The van der Waals surface area contributed by atoms with Gasteiger partial charge in [0.05, 0.1) is 25.1 Å². The van der Waals surface area contributed by atoms with Gasteiger partial charge in [-0.25, -0.2) is 0 Å². The van der Waals surface area contributed by atoms with Crippen LogP contribution in [0.2, 0.25) is 0 Å². The van der Waals surface area contributed by atoms with Crippen molar-refractivity contribution in [3.63, 3.8) is 0 Å². The van der Waals surface area contributed by atoms with Gasteiger partial charge >= 0.3 is 0 Å². The van der Waals surface area contributed by atoms with Crippen LogP contribution in [0.4, 0.5) is 0 Å².